The average Bonchev–Trinajstić information content (AvgIpc) is 2.72. The van der Waals surface area contributed by atoms with Gasteiger partial charge in [0.1, 0.15) is 6.04 Å². The zero-order chi connectivity index (χ0) is 15.4. The van der Waals surface area contributed by atoms with Crippen molar-refractivity contribution >= 4 is 34.8 Å². The smallest absolute Gasteiger partial charge is 0.244 e. The number of hydrogen-bond acceptors (Lipinski definition) is 2. The number of carbonyl (C=O) groups is 1. The molecule has 0 aliphatic carbocycles. The molecule has 2 rings (SSSR count). The summed E-state index contributed by atoms with van der Waals surface area (Å²) in [5.41, 5.74) is 0.544. The summed E-state index contributed by atoms with van der Waals surface area (Å²) in [6.07, 6.45) is 4.45. The molecule has 0 aromatic heterocycles. The van der Waals surface area contributed by atoms with Gasteiger partial charge in [-0.2, -0.15) is 0 Å². The second-order valence-corrected chi connectivity index (χ2v) is 6.17. The molecule has 0 bridgehead atoms. The number of halogens is 3. The fourth-order valence-electron chi connectivity index (χ4n) is 2.52. The van der Waals surface area contributed by atoms with E-state index >= 15 is 0 Å². The summed E-state index contributed by atoms with van der Waals surface area (Å²) in [4.78, 5) is 14.3. The maximum Gasteiger partial charge on any atom is 0.244 e. The number of nitrogens with zero attached hydrogens (tertiary/aromatic N) is 1. The third kappa shape index (κ3) is 4.24. The van der Waals surface area contributed by atoms with E-state index in [1.165, 1.54) is 25.0 Å². The van der Waals surface area contributed by atoms with E-state index in [-0.39, 0.29) is 16.0 Å². The van der Waals surface area contributed by atoms with Crippen LogP contribution in [0, 0.1) is 5.82 Å². The first kappa shape index (κ1) is 16.4. The van der Waals surface area contributed by atoms with E-state index in [9.17, 15) is 9.18 Å². The van der Waals surface area contributed by atoms with E-state index in [0.717, 1.165) is 25.9 Å². The van der Waals surface area contributed by atoms with Crippen LogP contribution in [0.15, 0.2) is 12.1 Å². The minimum Gasteiger partial charge on any atom is -0.374 e. The summed E-state index contributed by atoms with van der Waals surface area (Å²) in [7, 11) is 0. The molecule has 1 atom stereocenters. The first-order chi connectivity index (χ1) is 9.99. The van der Waals surface area contributed by atoms with Gasteiger partial charge in [-0.3, -0.25) is 4.79 Å². The molecule has 1 saturated heterocycles. The molecule has 6 heteroatoms. The zero-order valence-corrected chi connectivity index (χ0v) is 13.5. The molecule has 1 amide bonds. The minimum absolute atomic E-state index is 0.0495. The summed E-state index contributed by atoms with van der Waals surface area (Å²) >= 11 is 11.5. The Morgan fingerprint density at radius 2 is 1.71 bits per heavy atom. The maximum absolute atomic E-state index is 13.4. The van der Waals surface area contributed by atoms with E-state index in [2.05, 4.69) is 5.32 Å². The number of nitrogens with one attached hydrogen (secondary N) is 1. The number of carbonyl (C=O) groups excluding carboxylic acids is 1. The Labute approximate surface area is 134 Å². The highest BCUT2D eigenvalue weighted by atomic mass is 35.5. The van der Waals surface area contributed by atoms with Crippen LogP contribution in [-0.4, -0.2) is 29.9 Å². The van der Waals surface area contributed by atoms with Gasteiger partial charge in [0.15, 0.2) is 5.82 Å². The Hall–Kier alpha value is -1.00. The SMILES string of the molecule is CC(Nc1cc(Cl)c(F)c(Cl)c1)C(=O)N1CCCCCC1. The van der Waals surface area contributed by atoms with E-state index in [1.807, 2.05) is 4.90 Å². The van der Waals surface area contributed by atoms with Gasteiger partial charge in [0.2, 0.25) is 5.91 Å². The van der Waals surface area contributed by atoms with Crippen LogP contribution >= 0.6 is 23.2 Å². The first-order valence-electron chi connectivity index (χ1n) is 7.19. The largest absolute Gasteiger partial charge is 0.374 e. The summed E-state index contributed by atoms with van der Waals surface area (Å²) < 4.78 is 13.4. The third-order valence-electron chi connectivity index (χ3n) is 3.66. The number of rotatable bonds is 3. The van der Waals surface area contributed by atoms with Crippen molar-refractivity contribution in [3.05, 3.63) is 28.0 Å². The van der Waals surface area contributed by atoms with Crippen molar-refractivity contribution in [2.24, 2.45) is 0 Å². The van der Waals surface area contributed by atoms with Crippen LogP contribution in [0.3, 0.4) is 0 Å². The summed E-state index contributed by atoms with van der Waals surface area (Å²) in [6.45, 7) is 3.39. The van der Waals surface area contributed by atoms with Gasteiger partial charge >= 0.3 is 0 Å². The first-order valence-corrected chi connectivity index (χ1v) is 7.94. The molecule has 116 valence electrons. The predicted octanol–water partition coefficient (Wildman–Crippen LogP) is 4.34. The van der Waals surface area contributed by atoms with Crippen LogP contribution < -0.4 is 5.32 Å². The van der Waals surface area contributed by atoms with E-state index < -0.39 is 11.9 Å². The molecule has 0 spiro atoms. The van der Waals surface area contributed by atoms with Crippen molar-refractivity contribution < 1.29 is 9.18 Å². The van der Waals surface area contributed by atoms with Crippen molar-refractivity contribution in [3.8, 4) is 0 Å². The number of likely N-dealkylation sites (tertiary alicyclic amines) is 1. The molecule has 1 aliphatic rings. The lowest BCUT2D eigenvalue weighted by Crippen LogP contribution is -2.41. The fourth-order valence-corrected chi connectivity index (χ4v) is 3.00. The van der Waals surface area contributed by atoms with Crippen LogP contribution in [0.2, 0.25) is 10.0 Å². The van der Waals surface area contributed by atoms with E-state index in [4.69, 9.17) is 23.2 Å². The average molecular weight is 333 g/mol. The van der Waals surface area contributed by atoms with Gasteiger partial charge in [-0.05, 0) is 31.9 Å². The maximum atomic E-state index is 13.4. The van der Waals surface area contributed by atoms with Crippen molar-refractivity contribution in [1.29, 1.82) is 0 Å². The third-order valence-corrected chi connectivity index (χ3v) is 4.21. The standard InChI is InChI=1S/C15H19Cl2FN2O/c1-10(15(21)20-6-4-2-3-5-7-20)19-11-8-12(16)14(18)13(17)9-11/h8-10,19H,2-7H2,1H3. The van der Waals surface area contributed by atoms with Gasteiger partial charge < -0.3 is 10.2 Å². The Morgan fingerprint density at radius 1 is 1.19 bits per heavy atom. The van der Waals surface area contributed by atoms with E-state index in [0.29, 0.717) is 5.69 Å². The monoisotopic (exact) mass is 332 g/mol. The molecule has 1 aromatic carbocycles. The lowest BCUT2D eigenvalue weighted by molar-refractivity contribution is -0.131. The molecule has 0 saturated carbocycles. The highest BCUT2D eigenvalue weighted by Crippen LogP contribution is 2.27. The van der Waals surface area contributed by atoms with Gasteiger partial charge in [-0.15, -0.1) is 0 Å². The minimum atomic E-state index is -0.643. The quantitative estimate of drug-likeness (QED) is 0.835. The fraction of sp³-hybridized carbons (Fsp3) is 0.533. The molecule has 1 unspecified atom stereocenters. The summed E-state index contributed by atoms with van der Waals surface area (Å²) in [5, 5.41) is 2.93. The van der Waals surface area contributed by atoms with Gasteiger partial charge in [0, 0.05) is 18.8 Å². The molecule has 1 aliphatic heterocycles. The van der Waals surface area contributed by atoms with Crippen molar-refractivity contribution in [3.63, 3.8) is 0 Å². The zero-order valence-electron chi connectivity index (χ0n) is 12.0. The Morgan fingerprint density at radius 3 is 2.24 bits per heavy atom. The molecule has 1 fully saturated rings. The molecular weight excluding hydrogens is 314 g/mol. The Bertz CT molecular complexity index is 493. The molecule has 0 radical (unpaired) electrons. The van der Waals surface area contributed by atoms with Gasteiger partial charge in [-0.25, -0.2) is 4.39 Å². The summed E-state index contributed by atoms with van der Waals surface area (Å²) in [5.74, 6) is -0.594. The second-order valence-electron chi connectivity index (χ2n) is 5.36. The number of amides is 1. The predicted molar refractivity (Wildman–Crippen MR) is 84.6 cm³/mol. The lowest BCUT2D eigenvalue weighted by Gasteiger charge is -2.25. The van der Waals surface area contributed by atoms with Gasteiger partial charge in [0.25, 0.3) is 0 Å². The Kier molecular flexibility index (Phi) is 5.71. The molecule has 3 nitrogen and oxygen atoms in total. The van der Waals surface area contributed by atoms with Crippen molar-refractivity contribution in [1.82, 2.24) is 4.90 Å². The highest BCUT2D eigenvalue weighted by Gasteiger charge is 2.21. The molecule has 21 heavy (non-hydrogen) atoms. The highest BCUT2D eigenvalue weighted by molar-refractivity contribution is 6.35. The van der Waals surface area contributed by atoms with Crippen LogP contribution in [0.25, 0.3) is 0 Å². The lowest BCUT2D eigenvalue weighted by atomic mass is 10.2. The topological polar surface area (TPSA) is 32.3 Å². The number of hydrogen-bond donors (Lipinski definition) is 1. The van der Waals surface area contributed by atoms with Crippen LogP contribution in [0.5, 0.6) is 0 Å². The van der Waals surface area contributed by atoms with E-state index in [1.54, 1.807) is 6.92 Å². The van der Waals surface area contributed by atoms with Gasteiger partial charge in [0.05, 0.1) is 10.0 Å². The number of anilines is 1. The van der Waals surface area contributed by atoms with Crippen molar-refractivity contribution in [2.75, 3.05) is 18.4 Å². The van der Waals surface area contributed by atoms with Crippen LogP contribution in [0.4, 0.5) is 10.1 Å². The van der Waals surface area contributed by atoms with Gasteiger partial charge in [-0.1, -0.05) is 36.0 Å². The Balaban J connectivity index is 2.03. The molecule has 1 aromatic rings. The second kappa shape index (κ2) is 7.32. The molecular formula is C15H19Cl2FN2O. The van der Waals surface area contributed by atoms with Crippen LogP contribution in [-0.2, 0) is 4.79 Å². The van der Waals surface area contributed by atoms with Crippen LogP contribution in [0.1, 0.15) is 32.6 Å². The summed E-state index contributed by atoms with van der Waals surface area (Å²) in [6, 6.07) is 2.48. The van der Waals surface area contributed by atoms with Crippen molar-refractivity contribution in [2.45, 2.75) is 38.6 Å². The molecule has 1 N–H and O–H groups in total. The normalized spacial score (nSPS) is 17.2. The molecule has 1 heterocycles. The number of benzene rings is 1.